The fraction of sp³-hybridized carbons (Fsp3) is 0.471. The predicted molar refractivity (Wildman–Crippen MR) is 89.1 cm³/mol. The Morgan fingerprint density at radius 2 is 2.00 bits per heavy atom. The van der Waals surface area contributed by atoms with Crippen LogP contribution in [0, 0.1) is 20.8 Å². The van der Waals surface area contributed by atoms with Crippen molar-refractivity contribution in [3.8, 4) is 5.75 Å². The van der Waals surface area contributed by atoms with Crippen LogP contribution in [0.5, 0.6) is 5.75 Å². The average molecular weight is 304 g/mol. The van der Waals surface area contributed by atoms with Crippen molar-refractivity contribution >= 4 is 11.3 Å². The van der Waals surface area contributed by atoms with Gasteiger partial charge in [0.2, 0.25) is 0 Å². The molecule has 1 aromatic heterocycles. The molecule has 2 aromatic rings. The maximum absolute atomic E-state index is 6.06. The van der Waals surface area contributed by atoms with E-state index in [1.807, 2.05) is 6.92 Å². The number of nitrogens with zero attached hydrogens (tertiary/aromatic N) is 1. The molecule has 1 aromatic carbocycles. The number of nitrogens with one attached hydrogen (secondary N) is 1. The highest BCUT2D eigenvalue weighted by Crippen LogP contribution is 2.26. The molecule has 114 valence electrons. The minimum Gasteiger partial charge on any atom is -0.486 e. The normalized spacial score (nSPS) is 11.1. The van der Waals surface area contributed by atoms with Gasteiger partial charge in [-0.1, -0.05) is 32.0 Å². The summed E-state index contributed by atoms with van der Waals surface area (Å²) < 4.78 is 6.06. The van der Waals surface area contributed by atoms with Gasteiger partial charge in [0.05, 0.1) is 5.69 Å². The number of benzene rings is 1. The molecule has 0 atom stereocenters. The lowest BCUT2D eigenvalue weighted by atomic mass is 10.1. The van der Waals surface area contributed by atoms with E-state index in [4.69, 9.17) is 4.74 Å². The highest BCUT2D eigenvalue weighted by atomic mass is 32.1. The van der Waals surface area contributed by atoms with Gasteiger partial charge >= 0.3 is 0 Å². The second-order valence-corrected chi connectivity index (χ2v) is 6.92. The summed E-state index contributed by atoms with van der Waals surface area (Å²) in [7, 11) is 0. The molecule has 4 heteroatoms. The minimum absolute atomic E-state index is 0.461. The first-order valence-electron chi connectivity index (χ1n) is 7.35. The lowest BCUT2D eigenvalue weighted by Gasteiger charge is -2.15. The van der Waals surface area contributed by atoms with Gasteiger partial charge in [-0.3, -0.25) is 0 Å². The standard InChI is InChI=1S/C17H24N2OS/c1-11(2)18-9-15-8-6-7-12(3)17(15)20-10-16-19-13(4)14(5)21-16/h6-8,11,18H,9-10H2,1-5H3. The molecular formula is C17H24N2OS. The van der Waals surface area contributed by atoms with Crippen LogP contribution in [-0.2, 0) is 13.2 Å². The van der Waals surface area contributed by atoms with Crippen LogP contribution in [0.15, 0.2) is 18.2 Å². The molecule has 21 heavy (non-hydrogen) atoms. The Bertz CT molecular complexity index is 585. The lowest BCUT2D eigenvalue weighted by Crippen LogP contribution is -2.22. The second-order valence-electron chi connectivity index (χ2n) is 5.64. The van der Waals surface area contributed by atoms with Crippen molar-refractivity contribution in [2.75, 3.05) is 0 Å². The zero-order valence-corrected chi connectivity index (χ0v) is 14.3. The summed E-state index contributed by atoms with van der Waals surface area (Å²) in [5, 5.41) is 4.49. The SMILES string of the molecule is Cc1cccc(CNC(C)C)c1OCc1nc(C)c(C)s1. The van der Waals surface area contributed by atoms with Crippen molar-refractivity contribution in [2.45, 2.75) is 53.8 Å². The molecule has 0 aliphatic carbocycles. The Labute approximate surface area is 131 Å². The summed E-state index contributed by atoms with van der Waals surface area (Å²) in [6, 6.07) is 6.75. The molecule has 0 fully saturated rings. The van der Waals surface area contributed by atoms with E-state index >= 15 is 0 Å². The molecular weight excluding hydrogens is 280 g/mol. The number of rotatable bonds is 6. The van der Waals surface area contributed by atoms with Gasteiger partial charge in [-0.25, -0.2) is 4.98 Å². The maximum atomic E-state index is 6.06. The second kappa shape index (κ2) is 7.05. The van der Waals surface area contributed by atoms with Crippen LogP contribution in [-0.4, -0.2) is 11.0 Å². The summed E-state index contributed by atoms with van der Waals surface area (Å²) in [4.78, 5) is 5.80. The van der Waals surface area contributed by atoms with Crippen LogP contribution in [0.3, 0.4) is 0 Å². The highest BCUT2D eigenvalue weighted by molar-refractivity contribution is 7.11. The third-order valence-electron chi connectivity index (χ3n) is 3.41. The zero-order valence-electron chi connectivity index (χ0n) is 13.5. The molecule has 0 aliphatic rings. The molecule has 0 radical (unpaired) electrons. The number of hydrogen-bond donors (Lipinski definition) is 1. The Morgan fingerprint density at radius 1 is 1.24 bits per heavy atom. The Hall–Kier alpha value is -1.39. The highest BCUT2D eigenvalue weighted by Gasteiger charge is 2.10. The van der Waals surface area contributed by atoms with Gasteiger partial charge < -0.3 is 10.1 Å². The molecule has 0 aliphatic heterocycles. The van der Waals surface area contributed by atoms with E-state index in [1.54, 1.807) is 11.3 Å². The topological polar surface area (TPSA) is 34.1 Å². The third-order valence-corrected chi connectivity index (χ3v) is 4.45. The molecule has 0 saturated carbocycles. The van der Waals surface area contributed by atoms with Crippen LogP contribution in [0.1, 0.15) is 40.6 Å². The van der Waals surface area contributed by atoms with Crippen molar-refractivity contribution in [1.82, 2.24) is 10.3 Å². The molecule has 2 rings (SSSR count). The van der Waals surface area contributed by atoms with Gasteiger partial charge in [0.15, 0.2) is 0 Å². The van der Waals surface area contributed by atoms with Crippen molar-refractivity contribution in [3.63, 3.8) is 0 Å². The first-order valence-corrected chi connectivity index (χ1v) is 8.16. The summed E-state index contributed by atoms with van der Waals surface area (Å²) in [6.45, 7) is 11.9. The lowest BCUT2D eigenvalue weighted by molar-refractivity contribution is 0.299. The number of thiazole rings is 1. The predicted octanol–water partition coefficient (Wildman–Crippen LogP) is 4.15. The van der Waals surface area contributed by atoms with E-state index in [1.165, 1.54) is 16.0 Å². The Morgan fingerprint density at radius 3 is 2.62 bits per heavy atom. The van der Waals surface area contributed by atoms with Gasteiger partial charge in [-0.05, 0) is 26.3 Å². The fourth-order valence-corrected chi connectivity index (χ4v) is 2.96. The van der Waals surface area contributed by atoms with Gasteiger partial charge in [0.25, 0.3) is 0 Å². The van der Waals surface area contributed by atoms with E-state index in [2.05, 4.69) is 56.2 Å². The Kier molecular flexibility index (Phi) is 5.37. The number of hydrogen-bond acceptors (Lipinski definition) is 4. The number of aryl methyl sites for hydroxylation is 3. The first kappa shape index (κ1) is 16.0. The molecule has 1 heterocycles. The minimum atomic E-state index is 0.461. The van der Waals surface area contributed by atoms with E-state index < -0.39 is 0 Å². The summed E-state index contributed by atoms with van der Waals surface area (Å²) in [6.07, 6.45) is 0. The smallest absolute Gasteiger partial charge is 0.140 e. The van der Waals surface area contributed by atoms with Crippen LogP contribution in [0.25, 0.3) is 0 Å². The molecule has 0 unspecified atom stereocenters. The van der Waals surface area contributed by atoms with Crippen molar-refractivity contribution in [3.05, 3.63) is 44.9 Å². The first-order chi connectivity index (χ1) is 9.97. The van der Waals surface area contributed by atoms with Gasteiger partial charge in [0.1, 0.15) is 17.4 Å². The summed E-state index contributed by atoms with van der Waals surface area (Å²) in [5.74, 6) is 0.983. The molecule has 0 amide bonds. The van der Waals surface area contributed by atoms with E-state index in [9.17, 15) is 0 Å². The van der Waals surface area contributed by atoms with E-state index in [0.717, 1.165) is 23.0 Å². The van der Waals surface area contributed by atoms with Crippen molar-refractivity contribution in [2.24, 2.45) is 0 Å². The van der Waals surface area contributed by atoms with E-state index in [0.29, 0.717) is 12.6 Å². The monoisotopic (exact) mass is 304 g/mol. The molecule has 1 N–H and O–H groups in total. The van der Waals surface area contributed by atoms with Gasteiger partial charge in [-0.15, -0.1) is 11.3 Å². The number of ether oxygens (including phenoxy) is 1. The van der Waals surface area contributed by atoms with Gasteiger partial charge in [0, 0.05) is 23.0 Å². The van der Waals surface area contributed by atoms with Crippen LogP contribution >= 0.6 is 11.3 Å². The third kappa shape index (κ3) is 4.29. The van der Waals surface area contributed by atoms with Crippen LogP contribution in [0.2, 0.25) is 0 Å². The number of aromatic nitrogens is 1. The maximum Gasteiger partial charge on any atom is 0.140 e. The fourth-order valence-electron chi connectivity index (χ4n) is 2.11. The van der Waals surface area contributed by atoms with Crippen molar-refractivity contribution < 1.29 is 4.74 Å². The van der Waals surface area contributed by atoms with Crippen LogP contribution in [0.4, 0.5) is 0 Å². The molecule has 3 nitrogen and oxygen atoms in total. The quantitative estimate of drug-likeness (QED) is 0.870. The zero-order chi connectivity index (χ0) is 15.4. The van der Waals surface area contributed by atoms with Gasteiger partial charge in [-0.2, -0.15) is 0 Å². The largest absolute Gasteiger partial charge is 0.486 e. The average Bonchev–Trinajstić information content (AvgIpc) is 2.74. The summed E-state index contributed by atoms with van der Waals surface area (Å²) >= 11 is 1.71. The van der Waals surface area contributed by atoms with Crippen molar-refractivity contribution in [1.29, 1.82) is 0 Å². The molecule has 0 spiro atoms. The Balaban J connectivity index is 2.10. The number of para-hydroxylation sites is 1. The molecule has 0 saturated heterocycles. The van der Waals surface area contributed by atoms with E-state index in [-0.39, 0.29) is 0 Å². The molecule has 0 bridgehead atoms. The summed E-state index contributed by atoms with van der Waals surface area (Å²) in [5.41, 5.74) is 3.47. The van der Waals surface area contributed by atoms with Crippen LogP contribution < -0.4 is 10.1 Å².